The van der Waals surface area contributed by atoms with E-state index in [9.17, 15) is 4.79 Å². The molecule has 1 aromatic rings. The van der Waals surface area contributed by atoms with Crippen LogP contribution in [0.3, 0.4) is 0 Å². The van der Waals surface area contributed by atoms with Crippen LogP contribution in [-0.2, 0) is 16.1 Å². The van der Waals surface area contributed by atoms with Gasteiger partial charge in [-0.15, -0.1) is 0 Å². The van der Waals surface area contributed by atoms with E-state index in [1.54, 1.807) is 10.9 Å². The Morgan fingerprint density at radius 1 is 1.87 bits per heavy atom. The van der Waals surface area contributed by atoms with E-state index in [4.69, 9.17) is 11.0 Å². The summed E-state index contributed by atoms with van der Waals surface area (Å²) < 4.78 is 6.05. The first-order valence-electron chi connectivity index (χ1n) is 4.43. The highest BCUT2D eigenvalue weighted by molar-refractivity contribution is 5.75. The predicted octanol–water partition coefficient (Wildman–Crippen LogP) is -0.355. The molecule has 0 spiro atoms. The van der Waals surface area contributed by atoms with Gasteiger partial charge in [-0.05, 0) is 6.42 Å². The molecule has 0 fully saturated rings. The van der Waals surface area contributed by atoms with Gasteiger partial charge in [-0.3, -0.25) is 9.48 Å². The van der Waals surface area contributed by atoms with Crippen LogP contribution in [-0.4, -0.2) is 28.9 Å². The van der Waals surface area contributed by atoms with Crippen LogP contribution in [0.1, 0.15) is 12.0 Å². The number of nitrogens with two attached hydrogens (primary N) is 1. The lowest BCUT2D eigenvalue weighted by Gasteiger charge is -2.08. The van der Waals surface area contributed by atoms with Crippen molar-refractivity contribution in [1.82, 2.24) is 9.78 Å². The maximum absolute atomic E-state index is 11.0. The molecule has 6 heteroatoms. The van der Waals surface area contributed by atoms with E-state index >= 15 is 0 Å². The first kappa shape index (κ1) is 11.2. The highest BCUT2D eigenvalue weighted by Crippen LogP contribution is 1.99. The summed E-state index contributed by atoms with van der Waals surface area (Å²) in [5.41, 5.74) is 6.02. The molecule has 1 aromatic heterocycles. The van der Waals surface area contributed by atoms with Crippen molar-refractivity contribution in [2.45, 2.75) is 19.0 Å². The SMILES string of the molecule is COC(=O)C(N)CCn1cc(C#N)cn1. The quantitative estimate of drug-likeness (QED) is 0.682. The zero-order chi connectivity index (χ0) is 11.3. The molecule has 2 N–H and O–H groups in total. The summed E-state index contributed by atoms with van der Waals surface area (Å²) in [5, 5.41) is 12.5. The molecular weight excluding hydrogens is 196 g/mol. The number of hydrogen-bond acceptors (Lipinski definition) is 5. The van der Waals surface area contributed by atoms with Gasteiger partial charge in [0.2, 0.25) is 0 Å². The van der Waals surface area contributed by atoms with Gasteiger partial charge in [-0.25, -0.2) is 0 Å². The number of methoxy groups -OCH3 is 1. The van der Waals surface area contributed by atoms with Crippen LogP contribution in [0.2, 0.25) is 0 Å². The van der Waals surface area contributed by atoms with E-state index in [1.165, 1.54) is 13.3 Å². The van der Waals surface area contributed by atoms with Crippen molar-refractivity contribution < 1.29 is 9.53 Å². The van der Waals surface area contributed by atoms with Crippen molar-refractivity contribution in [2.24, 2.45) is 5.73 Å². The lowest BCUT2D eigenvalue weighted by molar-refractivity contribution is -0.142. The highest BCUT2D eigenvalue weighted by atomic mass is 16.5. The Hall–Kier alpha value is -1.87. The molecule has 6 nitrogen and oxygen atoms in total. The Kier molecular flexibility index (Phi) is 3.83. The summed E-state index contributed by atoms with van der Waals surface area (Å²) >= 11 is 0. The first-order valence-corrected chi connectivity index (χ1v) is 4.43. The van der Waals surface area contributed by atoms with Gasteiger partial charge in [0.05, 0.1) is 18.9 Å². The van der Waals surface area contributed by atoms with Crippen molar-refractivity contribution in [3.63, 3.8) is 0 Å². The van der Waals surface area contributed by atoms with Crippen LogP contribution in [0.5, 0.6) is 0 Å². The minimum Gasteiger partial charge on any atom is -0.468 e. The van der Waals surface area contributed by atoms with Crippen LogP contribution in [0, 0.1) is 11.3 Å². The predicted molar refractivity (Wildman–Crippen MR) is 51.6 cm³/mol. The second-order valence-electron chi connectivity index (χ2n) is 3.02. The van der Waals surface area contributed by atoms with E-state index in [2.05, 4.69) is 9.84 Å². The normalized spacial score (nSPS) is 11.8. The Bertz CT molecular complexity index is 380. The molecule has 0 bridgehead atoms. The monoisotopic (exact) mass is 208 g/mol. The molecule has 1 unspecified atom stereocenters. The Morgan fingerprint density at radius 3 is 3.13 bits per heavy atom. The Labute approximate surface area is 87.2 Å². The molecule has 1 rings (SSSR count). The topological polar surface area (TPSA) is 93.9 Å². The summed E-state index contributed by atoms with van der Waals surface area (Å²) in [6.45, 7) is 0.484. The maximum atomic E-state index is 11.0. The van der Waals surface area contributed by atoms with Crippen LogP contribution in [0.25, 0.3) is 0 Å². The minimum absolute atomic E-state index is 0.430. The molecule has 0 aliphatic carbocycles. The third-order valence-electron chi connectivity index (χ3n) is 1.94. The molecule has 0 radical (unpaired) electrons. The molecular formula is C9H12N4O2. The van der Waals surface area contributed by atoms with Crippen molar-refractivity contribution in [3.05, 3.63) is 18.0 Å². The number of nitrogens with zero attached hydrogens (tertiary/aromatic N) is 3. The zero-order valence-electron chi connectivity index (χ0n) is 8.38. The third-order valence-corrected chi connectivity index (χ3v) is 1.94. The fourth-order valence-electron chi connectivity index (χ4n) is 1.08. The number of carbonyl (C=O) groups is 1. The van der Waals surface area contributed by atoms with Crippen molar-refractivity contribution >= 4 is 5.97 Å². The summed E-state index contributed by atoms with van der Waals surface area (Å²) in [6.07, 6.45) is 3.49. The highest BCUT2D eigenvalue weighted by Gasteiger charge is 2.13. The summed E-state index contributed by atoms with van der Waals surface area (Å²) in [6, 6.07) is 1.31. The largest absolute Gasteiger partial charge is 0.468 e. The Morgan fingerprint density at radius 2 is 2.60 bits per heavy atom. The summed E-state index contributed by atoms with van der Waals surface area (Å²) in [4.78, 5) is 11.0. The first-order chi connectivity index (χ1) is 7.17. The third kappa shape index (κ3) is 3.07. The fourth-order valence-corrected chi connectivity index (χ4v) is 1.08. The van der Waals surface area contributed by atoms with E-state index in [-0.39, 0.29) is 0 Å². The van der Waals surface area contributed by atoms with E-state index in [0.29, 0.717) is 18.5 Å². The standard InChI is InChI=1S/C9H12N4O2/c1-15-9(14)8(11)2-3-13-6-7(4-10)5-12-13/h5-6,8H,2-3,11H2,1H3. The van der Waals surface area contributed by atoms with Crippen molar-refractivity contribution in [1.29, 1.82) is 5.26 Å². The van der Waals surface area contributed by atoms with Gasteiger partial charge in [-0.1, -0.05) is 0 Å². The maximum Gasteiger partial charge on any atom is 0.322 e. The van der Waals surface area contributed by atoms with Crippen LogP contribution in [0.4, 0.5) is 0 Å². The average molecular weight is 208 g/mol. The van der Waals surface area contributed by atoms with Gasteiger partial charge in [0.25, 0.3) is 0 Å². The van der Waals surface area contributed by atoms with Crippen molar-refractivity contribution in [2.75, 3.05) is 7.11 Å². The number of esters is 1. The molecule has 0 aliphatic rings. The van der Waals surface area contributed by atoms with Crippen LogP contribution in [0.15, 0.2) is 12.4 Å². The molecule has 80 valence electrons. The zero-order valence-corrected chi connectivity index (χ0v) is 8.38. The van der Waals surface area contributed by atoms with Gasteiger partial charge in [-0.2, -0.15) is 10.4 Å². The molecule has 0 saturated carbocycles. The number of aryl methyl sites for hydroxylation is 1. The van der Waals surface area contributed by atoms with Gasteiger partial charge in [0, 0.05) is 12.7 Å². The second-order valence-corrected chi connectivity index (χ2v) is 3.02. The van der Waals surface area contributed by atoms with Crippen molar-refractivity contribution in [3.8, 4) is 6.07 Å². The molecule has 15 heavy (non-hydrogen) atoms. The van der Waals surface area contributed by atoms with Gasteiger partial charge >= 0.3 is 5.97 Å². The van der Waals surface area contributed by atoms with Crippen LogP contribution < -0.4 is 5.73 Å². The molecule has 0 saturated heterocycles. The average Bonchev–Trinajstić information content (AvgIpc) is 2.72. The number of carbonyl (C=O) groups excluding carboxylic acids is 1. The number of ether oxygens (including phenoxy) is 1. The fraction of sp³-hybridized carbons (Fsp3) is 0.444. The molecule has 1 heterocycles. The van der Waals surface area contributed by atoms with E-state index in [1.807, 2.05) is 6.07 Å². The lowest BCUT2D eigenvalue weighted by Crippen LogP contribution is -2.32. The van der Waals surface area contributed by atoms with Gasteiger partial charge < -0.3 is 10.5 Å². The van der Waals surface area contributed by atoms with Gasteiger partial charge in [0.1, 0.15) is 12.1 Å². The molecule has 0 amide bonds. The Balaban J connectivity index is 2.44. The molecule has 1 atom stereocenters. The van der Waals surface area contributed by atoms with Crippen LogP contribution >= 0.6 is 0 Å². The number of rotatable bonds is 4. The minimum atomic E-state index is -0.648. The van der Waals surface area contributed by atoms with Gasteiger partial charge in [0.15, 0.2) is 0 Å². The number of nitriles is 1. The van der Waals surface area contributed by atoms with E-state index in [0.717, 1.165) is 0 Å². The molecule has 0 aromatic carbocycles. The smallest absolute Gasteiger partial charge is 0.322 e. The number of hydrogen-bond donors (Lipinski definition) is 1. The van der Waals surface area contributed by atoms with E-state index < -0.39 is 12.0 Å². The number of aromatic nitrogens is 2. The lowest BCUT2D eigenvalue weighted by atomic mass is 10.2. The molecule has 0 aliphatic heterocycles. The summed E-state index contributed by atoms with van der Waals surface area (Å²) in [7, 11) is 1.30. The summed E-state index contributed by atoms with van der Waals surface area (Å²) in [5.74, 6) is -0.442. The second kappa shape index (κ2) is 5.12.